The summed E-state index contributed by atoms with van der Waals surface area (Å²) in [7, 11) is 2.05. The summed E-state index contributed by atoms with van der Waals surface area (Å²) in [6.07, 6.45) is 3.59. The average molecular weight is 273 g/mol. The van der Waals surface area contributed by atoms with Crippen LogP contribution in [0.4, 0.5) is 0 Å². The Balaban J connectivity index is 1.63. The van der Waals surface area contributed by atoms with Gasteiger partial charge in [0.1, 0.15) is 5.75 Å². The van der Waals surface area contributed by atoms with E-state index < -0.39 is 0 Å². The number of hydrogen-bond acceptors (Lipinski definition) is 2. The zero-order valence-electron chi connectivity index (χ0n) is 12.2. The van der Waals surface area contributed by atoms with Crippen LogP contribution in [0.2, 0.25) is 0 Å². The number of rotatable bonds is 5. The predicted octanol–water partition coefficient (Wildman–Crippen LogP) is 2.35. The van der Waals surface area contributed by atoms with Gasteiger partial charge in [0.05, 0.1) is 12.6 Å². The summed E-state index contributed by atoms with van der Waals surface area (Å²) in [6, 6.07) is 9.31. The molecule has 3 rings (SSSR count). The molecule has 0 saturated heterocycles. The van der Waals surface area contributed by atoms with Crippen LogP contribution in [0.25, 0.3) is 0 Å². The molecule has 2 saturated carbocycles. The Hall–Kier alpha value is -1.71. The molecule has 4 nitrogen and oxygen atoms in total. The van der Waals surface area contributed by atoms with E-state index in [-0.39, 0.29) is 0 Å². The molecule has 0 radical (unpaired) electrons. The van der Waals surface area contributed by atoms with Gasteiger partial charge in [0.25, 0.3) is 0 Å². The van der Waals surface area contributed by atoms with Crippen molar-refractivity contribution in [3.63, 3.8) is 0 Å². The van der Waals surface area contributed by atoms with Crippen molar-refractivity contribution in [1.29, 1.82) is 0 Å². The van der Waals surface area contributed by atoms with Crippen LogP contribution in [-0.4, -0.2) is 36.6 Å². The lowest BCUT2D eigenvalue weighted by atomic mass is 10.1. The second kappa shape index (κ2) is 5.35. The van der Waals surface area contributed by atoms with Gasteiger partial charge in [-0.05, 0) is 43.9 Å². The van der Waals surface area contributed by atoms with Crippen LogP contribution in [0.5, 0.6) is 5.75 Å². The zero-order chi connectivity index (χ0) is 14.1. The summed E-state index contributed by atoms with van der Waals surface area (Å²) in [5.41, 5.74) is 7.38. The lowest BCUT2D eigenvalue weighted by molar-refractivity contribution is 0.340. The predicted molar refractivity (Wildman–Crippen MR) is 81.2 cm³/mol. The van der Waals surface area contributed by atoms with Crippen molar-refractivity contribution in [2.75, 3.05) is 13.7 Å². The molecule has 2 atom stereocenters. The van der Waals surface area contributed by atoms with Gasteiger partial charge in [-0.3, -0.25) is 0 Å². The largest absolute Gasteiger partial charge is 0.494 e. The maximum Gasteiger partial charge on any atom is 0.191 e. The lowest BCUT2D eigenvalue weighted by Crippen LogP contribution is -2.36. The molecule has 2 aliphatic rings. The summed E-state index contributed by atoms with van der Waals surface area (Å²) in [4.78, 5) is 6.78. The van der Waals surface area contributed by atoms with E-state index in [9.17, 15) is 0 Å². The van der Waals surface area contributed by atoms with E-state index in [0.29, 0.717) is 30.6 Å². The molecule has 2 N–H and O–H groups in total. The molecule has 0 spiro atoms. The molecule has 0 unspecified atom stereocenters. The first-order chi connectivity index (χ1) is 9.69. The highest BCUT2D eigenvalue weighted by Gasteiger charge is 2.39. The van der Waals surface area contributed by atoms with Crippen molar-refractivity contribution >= 4 is 5.96 Å². The summed E-state index contributed by atoms with van der Waals surface area (Å²) in [5, 5.41) is 0. The van der Waals surface area contributed by atoms with Gasteiger partial charge in [-0.2, -0.15) is 0 Å². The minimum absolute atomic E-state index is 0.341. The van der Waals surface area contributed by atoms with E-state index in [1.165, 1.54) is 18.4 Å². The Bertz CT molecular complexity index is 510. The van der Waals surface area contributed by atoms with Gasteiger partial charge >= 0.3 is 0 Å². The van der Waals surface area contributed by atoms with Crippen molar-refractivity contribution in [3.05, 3.63) is 29.8 Å². The van der Waals surface area contributed by atoms with Crippen LogP contribution in [0.1, 0.15) is 37.7 Å². The Morgan fingerprint density at radius 2 is 2.25 bits per heavy atom. The Morgan fingerprint density at radius 3 is 2.95 bits per heavy atom. The molecule has 1 aromatic carbocycles. The first kappa shape index (κ1) is 13.3. The van der Waals surface area contributed by atoms with Gasteiger partial charge in [0, 0.05) is 19.0 Å². The van der Waals surface area contributed by atoms with Gasteiger partial charge in [-0.1, -0.05) is 12.1 Å². The summed E-state index contributed by atoms with van der Waals surface area (Å²) in [5.74, 6) is 2.14. The molecule has 0 heterocycles. The quantitative estimate of drug-likeness (QED) is 0.662. The van der Waals surface area contributed by atoms with Crippen molar-refractivity contribution in [3.8, 4) is 5.75 Å². The van der Waals surface area contributed by atoms with Crippen LogP contribution in [0, 0.1) is 0 Å². The van der Waals surface area contributed by atoms with Crippen molar-refractivity contribution in [2.24, 2.45) is 10.7 Å². The van der Waals surface area contributed by atoms with E-state index in [2.05, 4.69) is 28.1 Å². The maximum absolute atomic E-state index is 6.07. The van der Waals surface area contributed by atoms with Crippen LogP contribution >= 0.6 is 0 Å². The number of aliphatic imine (C=N–C) groups is 1. The fourth-order valence-electron chi connectivity index (χ4n) is 2.59. The third kappa shape index (κ3) is 2.89. The normalized spacial score (nSPS) is 25.4. The molecule has 2 fully saturated rings. The molecular weight excluding hydrogens is 250 g/mol. The molecule has 20 heavy (non-hydrogen) atoms. The van der Waals surface area contributed by atoms with Crippen LogP contribution in [0.15, 0.2) is 29.3 Å². The SMILES string of the molecule is CCOc1cccc([C@@H]2C[C@H]2N=C(N)N(C)C2CC2)c1. The smallest absolute Gasteiger partial charge is 0.191 e. The molecule has 0 aromatic heterocycles. The highest BCUT2D eigenvalue weighted by Crippen LogP contribution is 2.44. The van der Waals surface area contributed by atoms with Crippen LogP contribution < -0.4 is 10.5 Å². The van der Waals surface area contributed by atoms with E-state index >= 15 is 0 Å². The fraction of sp³-hybridized carbons (Fsp3) is 0.562. The zero-order valence-corrected chi connectivity index (χ0v) is 12.2. The summed E-state index contributed by atoms with van der Waals surface area (Å²) in [6.45, 7) is 2.71. The third-order valence-electron chi connectivity index (χ3n) is 4.11. The standard InChI is InChI=1S/C16H23N3O/c1-3-20-13-6-4-5-11(9-13)14-10-15(14)18-16(17)19(2)12-7-8-12/h4-6,9,12,14-15H,3,7-8,10H2,1-2H3,(H2,17,18)/t14-,15+/m0/s1. The first-order valence-electron chi connectivity index (χ1n) is 7.48. The Labute approximate surface area is 120 Å². The molecule has 1 aromatic rings. The van der Waals surface area contributed by atoms with E-state index in [1.54, 1.807) is 0 Å². The molecule has 4 heteroatoms. The number of ether oxygens (including phenoxy) is 1. The molecule has 108 valence electrons. The van der Waals surface area contributed by atoms with Gasteiger partial charge in [-0.25, -0.2) is 4.99 Å². The van der Waals surface area contributed by atoms with Gasteiger partial charge in [0.15, 0.2) is 5.96 Å². The fourth-order valence-corrected chi connectivity index (χ4v) is 2.59. The maximum atomic E-state index is 6.07. The minimum Gasteiger partial charge on any atom is -0.494 e. The number of nitrogens with two attached hydrogens (primary N) is 1. The topological polar surface area (TPSA) is 50.9 Å². The molecule has 0 bridgehead atoms. The molecule has 0 aliphatic heterocycles. The number of nitrogens with zero attached hydrogens (tertiary/aromatic N) is 2. The average Bonchev–Trinajstić information content (AvgIpc) is 3.33. The van der Waals surface area contributed by atoms with E-state index in [1.807, 2.05) is 20.0 Å². The van der Waals surface area contributed by atoms with Crippen LogP contribution in [-0.2, 0) is 0 Å². The molecular formula is C16H23N3O. The highest BCUT2D eigenvalue weighted by atomic mass is 16.5. The summed E-state index contributed by atoms with van der Waals surface area (Å²) < 4.78 is 5.55. The van der Waals surface area contributed by atoms with Gasteiger partial charge in [-0.15, -0.1) is 0 Å². The van der Waals surface area contributed by atoms with Crippen molar-refractivity contribution in [2.45, 2.75) is 44.2 Å². The lowest BCUT2D eigenvalue weighted by Gasteiger charge is -2.16. The summed E-state index contributed by atoms with van der Waals surface area (Å²) >= 11 is 0. The number of benzene rings is 1. The Kier molecular flexibility index (Phi) is 3.55. The monoisotopic (exact) mass is 273 g/mol. The second-order valence-corrected chi connectivity index (χ2v) is 5.74. The van der Waals surface area contributed by atoms with Gasteiger partial charge in [0.2, 0.25) is 0 Å². The third-order valence-corrected chi connectivity index (χ3v) is 4.11. The molecule has 0 amide bonds. The molecule has 2 aliphatic carbocycles. The Morgan fingerprint density at radius 1 is 1.45 bits per heavy atom. The van der Waals surface area contributed by atoms with Crippen LogP contribution in [0.3, 0.4) is 0 Å². The van der Waals surface area contributed by atoms with Crippen molar-refractivity contribution in [1.82, 2.24) is 4.90 Å². The van der Waals surface area contributed by atoms with E-state index in [4.69, 9.17) is 10.5 Å². The highest BCUT2D eigenvalue weighted by molar-refractivity contribution is 5.79. The number of hydrogen-bond donors (Lipinski definition) is 1. The minimum atomic E-state index is 0.341. The first-order valence-corrected chi connectivity index (χ1v) is 7.48. The van der Waals surface area contributed by atoms with Gasteiger partial charge < -0.3 is 15.4 Å². The second-order valence-electron chi connectivity index (χ2n) is 5.74. The van der Waals surface area contributed by atoms with Crippen molar-refractivity contribution < 1.29 is 4.74 Å². The van der Waals surface area contributed by atoms with E-state index in [0.717, 1.165) is 12.2 Å². The number of guanidine groups is 1.